The van der Waals surface area contributed by atoms with Crippen molar-refractivity contribution < 1.29 is 14.5 Å². The van der Waals surface area contributed by atoms with E-state index in [2.05, 4.69) is 17.2 Å². The zero-order valence-corrected chi connectivity index (χ0v) is 12.8. The topological polar surface area (TPSA) is 107 Å². The third-order valence-corrected chi connectivity index (χ3v) is 2.39. The summed E-state index contributed by atoms with van der Waals surface area (Å²) in [5.41, 5.74) is 5.14. The Balaban J connectivity index is 2.58. The number of para-hydroxylation sites is 1. The summed E-state index contributed by atoms with van der Waals surface area (Å²) in [6.45, 7) is 5.60. The van der Waals surface area contributed by atoms with Gasteiger partial charge in [-0.15, -0.1) is 0 Å². The van der Waals surface area contributed by atoms with Crippen LogP contribution in [0.2, 0.25) is 0 Å². The van der Waals surface area contributed by atoms with Crippen LogP contribution < -0.4 is 11.1 Å². The molecule has 3 N–H and O–H groups in total. The summed E-state index contributed by atoms with van der Waals surface area (Å²) in [7, 11) is 0. The molecule has 0 atom stereocenters. The summed E-state index contributed by atoms with van der Waals surface area (Å²) in [5, 5.41) is 13.5. The maximum atomic E-state index is 11.4. The molecule has 0 saturated heterocycles. The number of nitrogens with zero attached hydrogens (tertiary/aromatic N) is 1. The number of carbonyl (C=O) groups is 1. The van der Waals surface area contributed by atoms with Gasteiger partial charge in [0.05, 0.1) is 4.92 Å². The third-order valence-electron chi connectivity index (χ3n) is 2.39. The lowest BCUT2D eigenvalue weighted by Gasteiger charge is -2.19. The second-order valence-corrected chi connectivity index (χ2v) is 5.48. The van der Waals surface area contributed by atoms with Gasteiger partial charge in [0.15, 0.2) is 0 Å². The van der Waals surface area contributed by atoms with E-state index in [1.165, 1.54) is 12.1 Å². The molecule has 1 aromatic carbocycles. The predicted octanol–water partition coefficient (Wildman–Crippen LogP) is 2.44. The predicted molar refractivity (Wildman–Crippen MR) is 83.2 cm³/mol. The highest BCUT2D eigenvalue weighted by molar-refractivity contribution is 5.68. The molecule has 7 heteroatoms. The fraction of sp³-hybridized carbons (Fsp3) is 0.400. The lowest BCUT2D eigenvalue weighted by molar-refractivity contribution is -0.384. The fourth-order valence-electron chi connectivity index (χ4n) is 1.56. The number of hydrogen-bond acceptors (Lipinski definition) is 5. The van der Waals surface area contributed by atoms with E-state index in [1.54, 1.807) is 26.8 Å². The minimum Gasteiger partial charge on any atom is -0.444 e. The van der Waals surface area contributed by atoms with Gasteiger partial charge in [0.2, 0.25) is 0 Å². The number of rotatable bonds is 3. The number of nitrogens with two attached hydrogens (primary N) is 1. The van der Waals surface area contributed by atoms with Crippen LogP contribution in [0.5, 0.6) is 0 Å². The van der Waals surface area contributed by atoms with E-state index in [9.17, 15) is 14.9 Å². The monoisotopic (exact) mass is 305 g/mol. The van der Waals surface area contributed by atoms with Gasteiger partial charge in [-0.2, -0.15) is 0 Å². The van der Waals surface area contributed by atoms with Crippen molar-refractivity contribution in [3.63, 3.8) is 0 Å². The molecular weight excluding hydrogens is 286 g/mol. The highest BCUT2D eigenvalue weighted by atomic mass is 16.6. The molecule has 0 heterocycles. The number of ether oxygens (including phenoxy) is 1. The van der Waals surface area contributed by atoms with Crippen LogP contribution >= 0.6 is 0 Å². The molecule has 0 aliphatic rings. The van der Waals surface area contributed by atoms with Crippen molar-refractivity contribution >= 4 is 17.5 Å². The number of nitro groups is 1. The molecule has 0 radical (unpaired) electrons. The summed E-state index contributed by atoms with van der Waals surface area (Å²) < 4.78 is 5.06. The molecule has 118 valence electrons. The molecule has 1 amide bonds. The second kappa shape index (κ2) is 7.31. The molecule has 0 saturated carbocycles. The zero-order valence-electron chi connectivity index (χ0n) is 12.8. The van der Waals surface area contributed by atoms with E-state index in [-0.39, 0.29) is 23.5 Å². The molecule has 0 aliphatic heterocycles. The number of nitrogens with one attached hydrogen (secondary N) is 1. The van der Waals surface area contributed by atoms with Gasteiger partial charge in [-0.25, -0.2) is 4.79 Å². The van der Waals surface area contributed by atoms with Gasteiger partial charge in [-0.1, -0.05) is 17.9 Å². The van der Waals surface area contributed by atoms with Crippen molar-refractivity contribution in [3.05, 3.63) is 33.9 Å². The molecule has 0 spiro atoms. The standard InChI is InChI=1S/C15H19N3O4/c1-15(2,3)22-14(19)17-10-5-4-7-11-8-6-9-12(16)13(11)18(20)21/h6,8-9H,5,10,16H2,1-3H3,(H,17,19). The average Bonchev–Trinajstić information content (AvgIpc) is 2.35. The first-order valence-corrected chi connectivity index (χ1v) is 6.69. The van der Waals surface area contributed by atoms with Crippen LogP contribution in [-0.4, -0.2) is 23.2 Å². The quantitative estimate of drug-likeness (QED) is 0.293. The summed E-state index contributed by atoms with van der Waals surface area (Å²) in [6, 6.07) is 4.58. The summed E-state index contributed by atoms with van der Waals surface area (Å²) in [4.78, 5) is 21.8. The van der Waals surface area contributed by atoms with Crippen LogP contribution in [-0.2, 0) is 4.74 Å². The lowest BCUT2D eigenvalue weighted by atomic mass is 10.1. The van der Waals surface area contributed by atoms with Gasteiger partial charge in [0.1, 0.15) is 16.9 Å². The number of benzene rings is 1. The Labute approximate surface area is 129 Å². The number of alkyl carbamates (subject to hydrolysis) is 1. The first-order chi connectivity index (χ1) is 10.2. The molecule has 1 aromatic rings. The van der Waals surface area contributed by atoms with Crippen molar-refractivity contribution in [2.45, 2.75) is 32.8 Å². The SMILES string of the molecule is CC(C)(C)OC(=O)NCCC#Cc1cccc(N)c1[N+](=O)[O-]. The Morgan fingerprint density at radius 3 is 2.73 bits per heavy atom. The van der Waals surface area contributed by atoms with E-state index in [1.807, 2.05) is 0 Å². The Bertz CT molecular complexity index is 624. The highest BCUT2D eigenvalue weighted by Gasteiger charge is 2.16. The van der Waals surface area contributed by atoms with Gasteiger partial charge in [0, 0.05) is 13.0 Å². The first-order valence-electron chi connectivity index (χ1n) is 6.69. The molecule has 22 heavy (non-hydrogen) atoms. The molecule has 1 rings (SSSR count). The van der Waals surface area contributed by atoms with E-state index in [0.717, 1.165) is 0 Å². The van der Waals surface area contributed by atoms with E-state index in [4.69, 9.17) is 10.5 Å². The first kappa shape index (κ1) is 17.3. The Morgan fingerprint density at radius 1 is 1.45 bits per heavy atom. The van der Waals surface area contributed by atoms with Crippen LogP contribution in [0.4, 0.5) is 16.2 Å². The molecular formula is C15H19N3O4. The Hall–Kier alpha value is -2.75. The minimum atomic E-state index is -0.558. The summed E-state index contributed by atoms with van der Waals surface area (Å²) in [5.74, 6) is 5.46. The average molecular weight is 305 g/mol. The van der Waals surface area contributed by atoms with Gasteiger partial charge < -0.3 is 15.8 Å². The summed E-state index contributed by atoms with van der Waals surface area (Å²) in [6.07, 6.45) is -0.185. The smallest absolute Gasteiger partial charge is 0.407 e. The molecule has 0 fully saturated rings. The number of amides is 1. The summed E-state index contributed by atoms with van der Waals surface area (Å²) >= 11 is 0. The number of nitrogen functional groups attached to an aromatic ring is 1. The zero-order chi connectivity index (χ0) is 16.8. The van der Waals surface area contributed by atoms with Gasteiger partial charge >= 0.3 is 11.8 Å². The van der Waals surface area contributed by atoms with Crippen LogP contribution in [0.3, 0.4) is 0 Å². The van der Waals surface area contributed by atoms with Crippen molar-refractivity contribution in [3.8, 4) is 11.8 Å². The fourth-order valence-corrected chi connectivity index (χ4v) is 1.56. The number of carbonyl (C=O) groups excluding carboxylic acids is 1. The second-order valence-electron chi connectivity index (χ2n) is 5.48. The normalized spacial score (nSPS) is 10.3. The van der Waals surface area contributed by atoms with Crippen LogP contribution in [0.1, 0.15) is 32.8 Å². The van der Waals surface area contributed by atoms with Gasteiger partial charge in [0.25, 0.3) is 0 Å². The Morgan fingerprint density at radius 2 is 2.14 bits per heavy atom. The van der Waals surface area contributed by atoms with Crippen LogP contribution in [0.25, 0.3) is 0 Å². The minimum absolute atomic E-state index is 0.0729. The number of nitro benzene ring substituents is 1. The van der Waals surface area contributed by atoms with Gasteiger partial charge in [-0.05, 0) is 32.9 Å². The largest absolute Gasteiger partial charge is 0.444 e. The van der Waals surface area contributed by atoms with Crippen LogP contribution in [0, 0.1) is 22.0 Å². The molecule has 0 unspecified atom stereocenters. The van der Waals surface area contributed by atoms with Crippen LogP contribution in [0.15, 0.2) is 18.2 Å². The lowest BCUT2D eigenvalue weighted by Crippen LogP contribution is -2.32. The van der Waals surface area contributed by atoms with Crippen molar-refractivity contribution in [1.29, 1.82) is 0 Å². The van der Waals surface area contributed by atoms with Crippen molar-refractivity contribution in [1.82, 2.24) is 5.32 Å². The maximum absolute atomic E-state index is 11.4. The highest BCUT2D eigenvalue weighted by Crippen LogP contribution is 2.24. The van der Waals surface area contributed by atoms with E-state index < -0.39 is 16.6 Å². The van der Waals surface area contributed by atoms with Crippen molar-refractivity contribution in [2.24, 2.45) is 0 Å². The number of anilines is 1. The molecule has 0 bridgehead atoms. The molecule has 0 aromatic heterocycles. The molecule has 0 aliphatic carbocycles. The molecule has 7 nitrogen and oxygen atoms in total. The van der Waals surface area contributed by atoms with Crippen molar-refractivity contribution in [2.75, 3.05) is 12.3 Å². The number of hydrogen-bond donors (Lipinski definition) is 2. The van der Waals surface area contributed by atoms with E-state index in [0.29, 0.717) is 6.42 Å². The Kier molecular flexibility index (Phi) is 5.75. The maximum Gasteiger partial charge on any atom is 0.407 e. The van der Waals surface area contributed by atoms with Gasteiger partial charge in [-0.3, -0.25) is 10.1 Å². The third kappa shape index (κ3) is 5.71. The van der Waals surface area contributed by atoms with E-state index >= 15 is 0 Å².